The van der Waals surface area contributed by atoms with Crippen molar-refractivity contribution in [1.29, 1.82) is 0 Å². The lowest BCUT2D eigenvalue weighted by atomic mass is 10.3. The highest BCUT2D eigenvalue weighted by atomic mass is 35.5. The number of esters is 1. The minimum Gasteiger partial charge on any atom is -0.447 e. The van der Waals surface area contributed by atoms with E-state index < -0.39 is 18.0 Å². The highest BCUT2D eigenvalue weighted by Gasteiger charge is 2.23. The maximum atomic E-state index is 12.2. The third-order valence-electron chi connectivity index (χ3n) is 3.43. The maximum Gasteiger partial charge on any atom is 0.379 e. The molecule has 3 rings (SSSR count). The Bertz CT molecular complexity index is 986. The zero-order valence-corrected chi connectivity index (χ0v) is 15.0. The van der Waals surface area contributed by atoms with Gasteiger partial charge in [0.25, 0.3) is 17.5 Å². The van der Waals surface area contributed by atoms with Crippen LogP contribution in [-0.4, -0.2) is 42.5 Å². The largest absolute Gasteiger partial charge is 0.447 e. The van der Waals surface area contributed by atoms with E-state index in [2.05, 4.69) is 25.4 Å². The van der Waals surface area contributed by atoms with Crippen LogP contribution in [0.4, 0.5) is 5.82 Å². The summed E-state index contributed by atoms with van der Waals surface area (Å²) < 4.78 is 6.56. The maximum absolute atomic E-state index is 12.2. The minimum atomic E-state index is -1.07. The van der Waals surface area contributed by atoms with Crippen molar-refractivity contribution in [2.24, 2.45) is 0 Å². The Labute approximate surface area is 153 Å². The fraction of sp³-hybridized carbons (Fsp3) is 0.250. The number of ether oxygens (including phenoxy) is 1. The average Bonchev–Trinajstić information content (AvgIpc) is 3.01. The monoisotopic (exact) mass is 374 g/mol. The van der Waals surface area contributed by atoms with Crippen molar-refractivity contribution in [1.82, 2.24) is 24.6 Å². The molecule has 3 aromatic heterocycles. The van der Waals surface area contributed by atoms with Crippen LogP contribution in [0, 0.1) is 13.8 Å². The topological polar surface area (TPSA) is 111 Å². The van der Waals surface area contributed by atoms with Crippen LogP contribution >= 0.6 is 11.6 Å². The number of carbonyl (C=O) groups is 2. The summed E-state index contributed by atoms with van der Waals surface area (Å²) in [4.78, 5) is 36.5. The van der Waals surface area contributed by atoms with Crippen molar-refractivity contribution in [2.45, 2.75) is 26.9 Å². The molecule has 0 saturated carbocycles. The van der Waals surface area contributed by atoms with Crippen molar-refractivity contribution in [2.75, 3.05) is 5.32 Å². The van der Waals surface area contributed by atoms with Crippen molar-refractivity contribution in [3.8, 4) is 0 Å². The standard InChI is InChI=1S/C16H15ClN6O3/c1-8-6-9(2)23-16(19-8)21-13(22-23)15(25)26-10(3)14(24)20-12-5-4-11(17)7-18-12/h4-7,10H,1-3H3,(H,18,20,24)/t10-/m0/s1. The van der Waals surface area contributed by atoms with E-state index in [4.69, 9.17) is 16.3 Å². The zero-order valence-electron chi connectivity index (χ0n) is 14.2. The molecule has 1 amide bonds. The van der Waals surface area contributed by atoms with E-state index in [1.165, 1.54) is 23.7 Å². The molecule has 10 heteroatoms. The van der Waals surface area contributed by atoms with Gasteiger partial charge in [0.15, 0.2) is 6.10 Å². The number of halogens is 1. The molecule has 0 spiro atoms. The molecular weight excluding hydrogens is 360 g/mol. The molecule has 3 heterocycles. The summed E-state index contributed by atoms with van der Waals surface area (Å²) in [7, 11) is 0. The second-order valence-electron chi connectivity index (χ2n) is 5.58. The number of nitrogens with zero attached hydrogens (tertiary/aromatic N) is 5. The van der Waals surface area contributed by atoms with Gasteiger partial charge in [-0.2, -0.15) is 4.98 Å². The number of carbonyl (C=O) groups excluding carboxylic acids is 2. The summed E-state index contributed by atoms with van der Waals surface area (Å²) in [5.74, 6) is -0.947. The number of rotatable bonds is 4. The van der Waals surface area contributed by atoms with Gasteiger partial charge in [0.05, 0.1) is 5.02 Å². The minimum absolute atomic E-state index is 0.171. The number of amides is 1. The Kier molecular flexibility index (Phi) is 4.81. The first-order valence-electron chi connectivity index (χ1n) is 7.68. The molecule has 9 nitrogen and oxygen atoms in total. The first kappa shape index (κ1) is 17.7. The normalized spacial score (nSPS) is 12.0. The quantitative estimate of drug-likeness (QED) is 0.695. The van der Waals surface area contributed by atoms with Crippen LogP contribution in [0.25, 0.3) is 5.78 Å². The molecule has 3 aromatic rings. The third-order valence-corrected chi connectivity index (χ3v) is 3.66. The van der Waals surface area contributed by atoms with Gasteiger partial charge in [-0.15, -0.1) is 5.10 Å². The molecule has 134 valence electrons. The summed E-state index contributed by atoms with van der Waals surface area (Å²) in [6.45, 7) is 5.07. The second kappa shape index (κ2) is 7.04. The number of anilines is 1. The van der Waals surface area contributed by atoms with Gasteiger partial charge in [-0.1, -0.05) is 11.6 Å². The van der Waals surface area contributed by atoms with Gasteiger partial charge >= 0.3 is 5.97 Å². The van der Waals surface area contributed by atoms with Crippen molar-refractivity contribution >= 4 is 35.1 Å². The Morgan fingerprint density at radius 2 is 2.04 bits per heavy atom. The molecule has 0 aliphatic heterocycles. The number of aryl methyl sites for hydroxylation is 2. The molecule has 0 aliphatic rings. The second-order valence-corrected chi connectivity index (χ2v) is 6.02. The summed E-state index contributed by atoms with van der Waals surface area (Å²) in [6, 6.07) is 4.93. The lowest BCUT2D eigenvalue weighted by Gasteiger charge is -2.11. The van der Waals surface area contributed by atoms with E-state index in [1.807, 2.05) is 19.9 Å². The zero-order chi connectivity index (χ0) is 18.8. The summed E-state index contributed by atoms with van der Waals surface area (Å²) >= 11 is 5.74. The summed E-state index contributed by atoms with van der Waals surface area (Å²) in [6.07, 6.45) is 0.327. The van der Waals surface area contributed by atoms with Crippen molar-refractivity contribution in [3.63, 3.8) is 0 Å². The Morgan fingerprint density at radius 3 is 2.73 bits per heavy atom. The van der Waals surface area contributed by atoms with Crippen LogP contribution in [0.15, 0.2) is 24.4 Å². The number of fused-ring (bicyclic) bond motifs is 1. The molecule has 0 fully saturated rings. The van der Waals surface area contributed by atoms with E-state index in [0.29, 0.717) is 10.8 Å². The van der Waals surface area contributed by atoms with Gasteiger partial charge in [0.1, 0.15) is 5.82 Å². The Balaban J connectivity index is 1.69. The van der Waals surface area contributed by atoms with Gasteiger partial charge in [-0.05, 0) is 39.0 Å². The van der Waals surface area contributed by atoms with Crippen LogP contribution in [-0.2, 0) is 9.53 Å². The van der Waals surface area contributed by atoms with Gasteiger partial charge in [0.2, 0.25) is 0 Å². The molecular formula is C16H15ClN6O3. The predicted molar refractivity (Wildman–Crippen MR) is 93.0 cm³/mol. The molecule has 0 bridgehead atoms. The number of hydrogen-bond acceptors (Lipinski definition) is 7. The van der Waals surface area contributed by atoms with Crippen LogP contribution in [0.3, 0.4) is 0 Å². The highest BCUT2D eigenvalue weighted by Crippen LogP contribution is 2.11. The molecule has 0 saturated heterocycles. The lowest BCUT2D eigenvalue weighted by molar-refractivity contribution is -0.123. The smallest absolute Gasteiger partial charge is 0.379 e. The molecule has 1 N–H and O–H groups in total. The van der Waals surface area contributed by atoms with E-state index in [0.717, 1.165) is 11.4 Å². The van der Waals surface area contributed by atoms with E-state index in [9.17, 15) is 9.59 Å². The molecule has 0 unspecified atom stereocenters. The number of hydrogen-bond donors (Lipinski definition) is 1. The van der Waals surface area contributed by atoms with Gasteiger partial charge in [-0.3, -0.25) is 4.79 Å². The Morgan fingerprint density at radius 1 is 1.27 bits per heavy atom. The van der Waals surface area contributed by atoms with Gasteiger partial charge in [0, 0.05) is 17.6 Å². The third kappa shape index (κ3) is 3.77. The fourth-order valence-corrected chi connectivity index (χ4v) is 2.31. The lowest BCUT2D eigenvalue weighted by Crippen LogP contribution is -2.30. The van der Waals surface area contributed by atoms with Crippen LogP contribution in [0.1, 0.15) is 28.9 Å². The van der Waals surface area contributed by atoms with Crippen molar-refractivity contribution in [3.05, 3.63) is 46.6 Å². The van der Waals surface area contributed by atoms with Crippen LogP contribution < -0.4 is 5.32 Å². The molecule has 1 atom stereocenters. The van der Waals surface area contributed by atoms with E-state index >= 15 is 0 Å². The van der Waals surface area contributed by atoms with Crippen LogP contribution in [0.2, 0.25) is 5.02 Å². The molecule has 0 aliphatic carbocycles. The summed E-state index contributed by atoms with van der Waals surface area (Å²) in [5.41, 5.74) is 1.53. The average molecular weight is 375 g/mol. The van der Waals surface area contributed by atoms with Crippen molar-refractivity contribution < 1.29 is 14.3 Å². The SMILES string of the molecule is Cc1cc(C)n2nc(C(=O)O[C@@H](C)C(=O)Nc3ccc(Cl)cn3)nc2n1. The first-order chi connectivity index (χ1) is 12.3. The predicted octanol–water partition coefficient (Wildman–Crippen LogP) is 1.97. The molecule has 26 heavy (non-hydrogen) atoms. The number of pyridine rings is 1. The fourth-order valence-electron chi connectivity index (χ4n) is 2.20. The molecule has 0 radical (unpaired) electrons. The number of nitrogens with one attached hydrogen (secondary N) is 1. The highest BCUT2D eigenvalue weighted by molar-refractivity contribution is 6.30. The Hall–Kier alpha value is -3.07. The van der Waals surface area contributed by atoms with Gasteiger partial charge < -0.3 is 10.1 Å². The molecule has 0 aromatic carbocycles. The summed E-state index contributed by atoms with van der Waals surface area (Å²) in [5, 5.41) is 7.04. The van der Waals surface area contributed by atoms with E-state index in [1.54, 1.807) is 6.07 Å². The number of aromatic nitrogens is 5. The van der Waals surface area contributed by atoms with Crippen LogP contribution in [0.5, 0.6) is 0 Å². The van der Waals surface area contributed by atoms with Gasteiger partial charge in [-0.25, -0.2) is 19.3 Å². The first-order valence-corrected chi connectivity index (χ1v) is 8.05. The van der Waals surface area contributed by atoms with E-state index in [-0.39, 0.29) is 11.6 Å².